The second-order valence-electron chi connectivity index (χ2n) is 2.52. The van der Waals surface area contributed by atoms with Crippen LogP contribution in [-0.2, 0) is 0 Å². The van der Waals surface area contributed by atoms with Gasteiger partial charge < -0.3 is 10.6 Å². The van der Waals surface area contributed by atoms with Crippen molar-refractivity contribution >= 4 is 17.8 Å². The van der Waals surface area contributed by atoms with E-state index in [1.54, 1.807) is 6.20 Å². The number of carbonyl (C=O) groups is 1. The number of hydrogen-bond donors (Lipinski definition) is 2. The van der Waals surface area contributed by atoms with Crippen molar-refractivity contribution in [3.63, 3.8) is 0 Å². The third-order valence-corrected chi connectivity index (χ3v) is 1.69. The van der Waals surface area contributed by atoms with Gasteiger partial charge in [0.15, 0.2) is 0 Å². The first-order valence-electron chi connectivity index (χ1n) is 3.69. The van der Waals surface area contributed by atoms with E-state index < -0.39 is 0 Å². The van der Waals surface area contributed by atoms with Gasteiger partial charge in [0.2, 0.25) is 0 Å². The van der Waals surface area contributed by atoms with E-state index in [0.717, 1.165) is 11.3 Å². The lowest BCUT2D eigenvalue weighted by Gasteiger charge is -2.03. The van der Waals surface area contributed by atoms with Crippen molar-refractivity contribution < 1.29 is 4.79 Å². The van der Waals surface area contributed by atoms with Crippen LogP contribution in [0, 0.1) is 0 Å². The van der Waals surface area contributed by atoms with Crippen molar-refractivity contribution in [1.82, 2.24) is 5.32 Å². The van der Waals surface area contributed by atoms with Gasteiger partial charge in [0.1, 0.15) is 0 Å². The first kappa shape index (κ1) is 6.91. The van der Waals surface area contributed by atoms with E-state index in [1.807, 2.05) is 30.3 Å². The average molecular weight is 160 g/mol. The lowest BCUT2D eigenvalue weighted by molar-refractivity contribution is 0.255. The Balaban J connectivity index is 2.48. The van der Waals surface area contributed by atoms with Gasteiger partial charge in [-0.2, -0.15) is 0 Å². The molecule has 0 saturated heterocycles. The molecule has 1 aromatic carbocycles. The van der Waals surface area contributed by atoms with Crippen LogP contribution in [0.3, 0.4) is 0 Å². The maximum atomic E-state index is 11.0. The molecular weight excluding hydrogens is 152 g/mol. The molecule has 0 unspecified atom stereocenters. The van der Waals surface area contributed by atoms with Crippen molar-refractivity contribution in [2.45, 2.75) is 0 Å². The third kappa shape index (κ3) is 1.16. The Hall–Kier alpha value is -1.77. The molecule has 12 heavy (non-hydrogen) atoms. The largest absolute Gasteiger partial charge is 0.323 e. The van der Waals surface area contributed by atoms with Gasteiger partial charge in [-0.1, -0.05) is 18.2 Å². The zero-order valence-corrected chi connectivity index (χ0v) is 6.37. The monoisotopic (exact) mass is 160 g/mol. The summed E-state index contributed by atoms with van der Waals surface area (Å²) in [4.78, 5) is 11.0. The molecule has 2 amide bonds. The molecule has 2 N–H and O–H groups in total. The highest BCUT2D eigenvalue weighted by Crippen LogP contribution is 2.17. The molecule has 0 aliphatic carbocycles. The maximum Gasteiger partial charge on any atom is 0.323 e. The fourth-order valence-corrected chi connectivity index (χ4v) is 1.12. The normalized spacial score (nSPS) is 14.2. The second-order valence-corrected chi connectivity index (χ2v) is 2.52. The van der Waals surface area contributed by atoms with Crippen molar-refractivity contribution in [2.24, 2.45) is 0 Å². The van der Waals surface area contributed by atoms with Crippen LogP contribution in [0.25, 0.3) is 6.08 Å². The molecule has 1 heterocycles. The summed E-state index contributed by atoms with van der Waals surface area (Å²) >= 11 is 0. The van der Waals surface area contributed by atoms with Crippen molar-refractivity contribution in [3.05, 3.63) is 36.0 Å². The second kappa shape index (κ2) is 2.70. The van der Waals surface area contributed by atoms with E-state index in [9.17, 15) is 4.79 Å². The standard InChI is InChI=1S/C9H8N2O/c12-9-10-6-5-7-3-1-2-4-8(7)11-9/h1-6H,(H2,10,11,12). The highest BCUT2D eigenvalue weighted by atomic mass is 16.2. The quantitative estimate of drug-likeness (QED) is 0.596. The number of amides is 2. The van der Waals surface area contributed by atoms with Gasteiger partial charge in [0.05, 0.1) is 0 Å². The van der Waals surface area contributed by atoms with Gasteiger partial charge in [0.25, 0.3) is 0 Å². The van der Waals surface area contributed by atoms with Crippen molar-refractivity contribution in [2.75, 3.05) is 5.32 Å². The number of nitrogens with one attached hydrogen (secondary N) is 2. The molecule has 0 fully saturated rings. The molecule has 0 saturated carbocycles. The summed E-state index contributed by atoms with van der Waals surface area (Å²) in [5.41, 5.74) is 1.85. The molecule has 2 rings (SSSR count). The Labute approximate surface area is 70.1 Å². The zero-order chi connectivity index (χ0) is 8.39. The smallest absolute Gasteiger partial charge is 0.314 e. The lowest BCUT2D eigenvalue weighted by atomic mass is 10.2. The molecule has 0 radical (unpaired) electrons. The van der Waals surface area contributed by atoms with E-state index in [0.29, 0.717) is 0 Å². The van der Waals surface area contributed by atoms with E-state index in [-0.39, 0.29) is 6.03 Å². The Kier molecular flexibility index (Phi) is 1.55. The van der Waals surface area contributed by atoms with Gasteiger partial charge in [-0.25, -0.2) is 4.79 Å². The molecule has 1 aromatic rings. The number of hydrogen-bond acceptors (Lipinski definition) is 1. The molecule has 0 aromatic heterocycles. The van der Waals surface area contributed by atoms with E-state index in [4.69, 9.17) is 0 Å². The SMILES string of the molecule is O=C1NC=Cc2ccccc2N1. The molecule has 0 atom stereocenters. The lowest BCUT2D eigenvalue weighted by Crippen LogP contribution is -2.22. The summed E-state index contributed by atoms with van der Waals surface area (Å²) in [7, 11) is 0. The molecule has 3 nitrogen and oxygen atoms in total. The summed E-state index contributed by atoms with van der Waals surface area (Å²) in [6.45, 7) is 0. The van der Waals surface area contributed by atoms with E-state index >= 15 is 0 Å². The molecule has 3 heteroatoms. The van der Waals surface area contributed by atoms with Crippen LogP contribution >= 0.6 is 0 Å². The highest BCUT2D eigenvalue weighted by Gasteiger charge is 2.05. The van der Waals surface area contributed by atoms with Gasteiger partial charge in [-0.3, -0.25) is 0 Å². The Bertz CT molecular complexity index is 344. The molecule has 1 aliphatic rings. The molecule has 60 valence electrons. The predicted molar refractivity (Wildman–Crippen MR) is 47.6 cm³/mol. The van der Waals surface area contributed by atoms with Crippen molar-refractivity contribution in [3.8, 4) is 0 Å². The van der Waals surface area contributed by atoms with Gasteiger partial charge in [-0.05, 0) is 17.7 Å². The summed E-state index contributed by atoms with van der Waals surface area (Å²) in [6, 6.07) is 7.43. The first-order chi connectivity index (χ1) is 5.86. The Morgan fingerprint density at radius 1 is 1.17 bits per heavy atom. The maximum absolute atomic E-state index is 11.0. The van der Waals surface area contributed by atoms with Crippen LogP contribution in [0.2, 0.25) is 0 Å². The molecule has 0 bridgehead atoms. The minimum atomic E-state index is -0.198. The summed E-state index contributed by atoms with van der Waals surface area (Å²) in [5, 5.41) is 5.27. The van der Waals surface area contributed by atoms with E-state index in [1.165, 1.54) is 0 Å². The number of benzene rings is 1. The van der Waals surface area contributed by atoms with Crippen LogP contribution < -0.4 is 10.6 Å². The topological polar surface area (TPSA) is 41.1 Å². The number of anilines is 1. The minimum absolute atomic E-state index is 0.198. The summed E-state index contributed by atoms with van der Waals surface area (Å²) in [5.74, 6) is 0. The first-order valence-corrected chi connectivity index (χ1v) is 3.69. The number of carbonyl (C=O) groups excluding carboxylic acids is 1. The fraction of sp³-hybridized carbons (Fsp3) is 0. The van der Waals surface area contributed by atoms with Crippen molar-refractivity contribution in [1.29, 1.82) is 0 Å². The number of para-hydroxylation sites is 1. The van der Waals surface area contributed by atoms with E-state index in [2.05, 4.69) is 10.6 Å². The Morgan fingerprint density at radius 2 is 2.00 bits per heavy atom. The third-order valence-electron chi connectivity index (χ3n) is 1.69. The minimum Gasteiger partial charge on any atom is -0.314 e. The summed E-state index contributed by atoms with van der Waals surface area (Å²) in [6.07, 6.45) is 3.48. The fourth-order valence-electron chi connectivity index (χ4n) is 1.12. The summed E-state index contributed by atoms with van der Waals surface area (Å²) < 4.78 is 0. The van der Waals surface area contributed by atoms with Gasteiger partial charge >= 0.3 is 6.03 Å². The van der Waals surface area contributed by atoms with Crippen LogP contribution in [0.15, 0.2) is 30.5 Å². The van der Waals surface area contributed by atoms with Crippen LogP contribution in [0.4, 0.5) is 10.5 Å². The highest BCUT2D eigenvalue weighted by molar-refractivity contribution is 5.94. The van der Waals surface area contributed by atoms with Crippen LogP contribution in [-0.4, -0.2) is 6.03 Å². The number of urea groups is 1. The number of rotatable bonds is 0. The van der Waals surface area contributed by atoms with Crippen LogP contribution in [0.5, 0.6) is 0 Å². The average Bonchev–Trinajstić information content (AvgIpc) is 2.25. The molecular formula is C9H8N2O. The van der Waals surface area contributed by atoms with Gasteiger partial charge in [0, 0.05) is 11.9 Å². The Morgan fingerprint density at radius 3 is 2.92 bits per heavy atom. The number of fused-ring (bicyclic) bond motifs is 1. The van der Waals surface area contributed by atoms with Gasteiger partial charge in [-0.15, -0.1) is 0 Å². The zero-order valence-electron chi connectivity index (χ0n) is 6.37. The molecule has 0 spiro atoms. The van der Waals surface area contributed by atoms with Crippen LogP contribution in [0.1, 0.15) is 5.56 Å². The molecule has 1 aliphatic heterocycles. The predicted octanol–water partition coefficient (Wildman–Crippen LogP) is 1.79.